The van der Waals surface area contributed by atoms with E-state index in [0.717, 1.165) is 90.0 Å². The molecule has 2 aliphatic rings. The van der Waals surface area contributed by atoms with Gasteiger partial charge in [0.15, 0.2) is 0 Å². The van der Waals surface area contributed by atoms with E-state index in [1.54, 1.807) is 7.11 Å². The Balaban J connectivity index is 1.39. The highest BCUT2D eigenvalue weighted by atomic mass is 16.6. The zero-order valence-electron chi connectivity index (χ0n) is 22.5. The standard InChI is InChI=1S/C30H39N3O5/c1-33-27(19-38-30(35)32-22-11-7-4-8-12-22)26(18-37-29(34)31-21-9-5-3-6-10-21)25-15-13-20-17-23(36-2)14-16-24(20)28(25)33/h13-17,21-22H,3-12,18-19H2,1-2H3,(H,31,34)(H,32,35). The lowest BCUT2D eigenvalue weighted by molar-refractivity contribution is 0.124. The fourth-order valence-corrected chi connectivity index (χ4v) is 6.04. The fraction of sp³-hybridized carbons (Fsp3) is 0.533. The number of methoxy groups -OCH3 is 1. The van der Waals surface area contributed by atoms with Crippen molar-refractivity contribution in [2.75, 3.05) is 7.11 Å². The average molecular weight is 522 g/mol. The molecular weight excluding hydrogens is 482 g/mol. The Labute approximate surface area is 224 Å². The molecule has 2 saturated carbocycles. The lowest BCUT2D eigenvalue weighted by atomic mass is 9.96. The molecule has 0 radical (unpaired) electrons. The van der Waals surface area contributed by atoms with E-state index in [4.69, 9.17) is 14.2 Å². The van der Waals surface area contributed by atoms with Crippen LogP contribution < -0.4 is 15.4 Å². The highest BCUT2D eigenvalue weighted by Gasteiger charge is 2.22. The largest absolute Gasteiger partial charge is 0.497 e. The Hall–Kier alpha value is -3.42. The quantitative estimate of drug-likeness (QED) is 0.372. The molecule has 0 bridgehead atoms. The van der Waals surface area contributed by atoms with Gasteiger partial charge in [-0.25, -0.2) is 9.59 Å². The number of nitrogens with zero attached hydrogens (tertiary/aromatic N) is 1. The smallest absolute Gasteiger partial charge is 0.407 e. The van der Waals surface area contributed by atoms with Gasteiger partial charge in [-0.05, 0) is 49.3 Å². The minimum atomic E-state index is -0.404. The number of fused-ring (bicyclic) bond motifs is 3. The predicted molar refractivity (Wildman–Crippen MR) is 147 cm³/mol. The lowest BCUT2D eigenvalue weighted by Gasteiger charge is -2.22. The number of hydrogen-bond donors (Lipinski definition) is 2. The third-order valence-electron chi connectivity index (χ3n) is 8.15. The molecule has 0 aliphatic heterocycles. The number of nitrogens with one attached hydrogen (secondary N) is 2. The summed E-state index contributed by atoms with van der Waals surface area (Å²) in [6, 6.07) is 10.4. The fourth-order valence-electron chi connectivity index (χ4n) is 6.04. The summed E-state index contributed by atoms with van der Waals surface area (Å²) >= 11 is 0. The molecule has 2 aromatic carbocycles. The zero-order chi connectivity index (χ0) is 26.5. The van der Waals surface area contributed by atoms with E-state index in [1.807, 2.05) is 37.4 Å². The van der Waals surface area contributed by atoms with E-state index in [9.17, 15) is 9.59 Å². The number of alkyl carbamates (subject to hydrolysis) is 2. The molecule has 2 amide bonds. The first-order valence-corrected chi connectivity index (χ1v) is 14.0. The molecule has 1 aromatic heterocycles. The van der Waals surface area contributed by atoms with Crippen molar-refractivity contribution in [3.63, 3.8) is 0 Å². The number of aryl methyl sites for hydroxylation is 1. The normalized spacial score (nSPS) is 16.9. The molecule has 204 valence electrons. The maximum absolute atomic E-state index is 12.7. The van der Waals surface area contributed by atoms with Crippen LogP contribution in [0.25, 0.3) is 21.7 Å². The van der Waals surface area contributed by atoms with Crippen molar-refractivity contribution < 1.29 is 23.8 Å². The molecule has 1 heterocycles. The molecule has 5 rings (SSSR count). The molecule has 0 unspecified atom stereocenters. The van der Waals surface area contributed by atoms with Crippen LogP contribution in [0.5, 0.6) is 5.75 Å². The number of aromatic nitrogens is 1. The number of amides is 2. The van der Waals surface area contributed by atoms with Gasteiger partial charge in [-0.2, -0.15) is 0 Å². The Morgan fingerprint density at radius 2 is 1.39 bits per heavy atom. The number of carbonyl (C=O) groups is 2. The van der Waals surface area contributed by atoms with Crippen LogP contribution in [0.4, 0.5) is 9.59 Å². The van der Waals surface area contributed by atoms with Gasteiger partial charge in [-0.3, -0.25) is 0 Å². The molecule has 0 spiro atoms. The second-order valence-corrected chi connectivity index (χ2v) is 10.6. The van der Waals surface area contributed by atoms with E-state index < -0.39 is 12.2 Å². The van der Waals surface area contributed by atoms with Crippen molar-refractivity contribution in [1.29, 1.82) is 0 Å². The second-order valence-electron chi connectivity index (χ2n) is 10.6. The van der Waals surface area contributed by atoms with Gasteiger partial charge in [0.25, 0.3) is 0 Å². The molecule has 2 N–H and O–H groups in total. The predicted octanol–water partition coefficient (Wildman–Crippen LogP) is 6.46. The average Bonchev–Trinajstić information content (AvgIpc) is 3.22. The highest BCUT2D eigenvalue weighted by molar-refractivity contribution is 6.08. The first-order valence-electron chi connectivity index (χ1n) is 14.0. The van der Waals surface area contributed by atoms with Gasteiger partial charge in [0.05, 0.1) is 18.3 Å². The van der Waals surface area contributed by atoms with E-state index in [-0.39, 0.29) is 25.3 Å². The Bertz CT molecular complexity index is 1290. The zero-order valence-corrected chi connectivity index (χ0v) is 22.5. The molecule has 3 aromatic rings. The van der Waals surface area contributed by atoms with Gasteiger partial charge < -0.3 is 29.4 Å². The van der Waals surface area contributed by atoms with Crippen molar-refractivity contribution >= 4 is 33.9 Å². The van der Waals surface area contributed by atoms with Crippen molar-refractivity contribution in [3.05, 3.63) is 41.6 Å². The van der Waals surface area contributed by atoms with E-state index in [0.29, 0.717) is 0 Å². The minimum absolute atomic E-state index is 0.0876. The molecule has 2 fully saturated rings. The summed E-state index contributed by atoms with van der Waals surface area (Å²) in [7, 11) is 3.62. The summed E-state index contributed by atoms with van der Waals surface area (Å²) in [5.41, 5.74) is 2.67. The second kappa shape index (κ2) is 12.0. The summed E-state index contributed by atoms with van der Waals surface area (Å²) in [5.74, 6) is 0.789. The molecule has 0 saturated heterocycles. The van der Waals surface area contributed by atoms with Crippen LogP contribution in [-0.2, 0) is 29.7 Å². The van der Waals surface area contributed by atoms with Gasteiger partial charge >= 0.3 is 12.2 Å². The monoisotopic (exact) mass is 521 g/mol. The number of carbonyl (C=O) groups excluding carboxylic acids is 2. The first kappa shape index (κ1) is 26.2. The van der Waals surface area contributed by atoms with Gasteiger partial charge in [0.2, 0.25) is 0 Å². The number of hydrogen-bond acceptors (Lipinski definition) is 5. The van der Waals surface area contributed by atoms with Crippen LogP contribution in [0.2, 0.25) is 0 Å². The number of rotatable bonds is 7. The van der Waals surface area contributed by atoms with Crippen LogP contribution in [0, 0.1) is 0 Å². The number of benzene rings is 2. The Morgan fingerprint density at radius 1 is 0.816 bits per heavy atom. The molecule has 8 heteroatoms. The van der Waals surface area contributed by atoms with Crippen molar-refractivity contribution in [2.45, 2.75) is 89.5 Å². The van der Waals surface area contributed by atoms with Crippen LogP contribution >= 0.6 is 0 Å². The SMILES string of the molecule is COc1ccc2c(ccc3c(COC(=O)NC4CCCCC4)c(COC(=O)NC4CCCCC4)n(C)c32)c1. The molecule has 0 atom stereocenters. The summed E-state index contributed by atoms with van der Waals surface area (Å²) < 4.78 is 18.9. The van der Waals surface area contributed by atoms with Gasteiger partial charge in [0.1, 0.15) is 19.0 Å². The highest BCUT2D eigenvalue weighted by Crippen LogP contribution is 2.34. The first-order chi connectivity index (χ1) is 18.5. The Kier molecular flexibility index (Phi) is 8.25. The van der Waals surface area contributed by atoms with Crippen molar-refractivity contribution in [2.24, 2.45) is 7.05 Å². The summed E-state index contributed by atoms with van der Waals surface area (Å²) in [6.45, 7) is 0.185. The van der Waals surface area contributed by atoms with Gasteiger partial charge in [-0.15, -0.1) is 0 Å². The maximum atomic E-state index is 12.7. The third kappa shape index (κ3) is 5.84. The molecular formula is C30H39N3O5. The van der Waals surface area contributed by atoms with Crippen molar-refractivity contribution in [3.8, 4) is 5.75 Å². The van der Waals surface area contributed by atoms with Crippen molar-refractivity contribution in [1.82, 2.24) is 15.2 Å². The third-order valence-corrected chi connectivity index (χ3v) is 8.15. The van der Waals surface area contributed by atoms with Crippen LogP contribution in [0.15, 0.2) is 30.3 Å². The van der Waals surface area contributed by atoms with Gasteiger partial charge in [-0.1, -0.05) is 50.7 Å². The summed E-state index contributed by atoms with van der Waals surface area (Å²) in [6.07, 6.45) is 10.2. The molecule has 2 aliphatic carbocycles. The van der Waals surface area contributed by atoms with Crippen LogP contribution in [0.1, 0.15) is 75.5 Å². The van der Waals surface area contributed by atoms with E-state index >= 15 is 0 Å². The lowest BCUT2D eigenvalue weighted by Crippen LogP contribution is -2.36. The van der Waals surface area contributed by atoms with Crippen LogP contribution in [0.3, 0.4) is 0 Å². The molecule has 38 heavy (non-hydrogen) atoms. The topological polar surface area (TPSA) is 90.8 Å². The maximum Gasteiger partial charge on any atom is 0.407 e. The number of ether oxygens (including phenoxy) is 3. The van der Waals surface area contributed by atoms with E-state index in [1.165, 1.54) is 12.8 Å². The van der Waals surface area contributed by atoms with Crippen LogP contribution in [-0.4, -0.2) is 35.9 Å². The summed E-state index contributed by atoms with van der Waals surface area (Å²) in [4.78, 5) is 25.3. The van der Waals surface area contributed by atoms with Gasteiger partial charge in [0, 0.05) is 35.5 Å². The van der Waals surface area contributed by atoms with E-state index in [2.05, 4.69) is 15.2 Å². The minimum Gasteiger partial charge on any atom is -0.497 e. The summed E-state index contributed by atoms with van der Waals surface area (Å²) in [5, 5.41) is 9.11. The molecule has 8 nitrogen and oxygen atoms in total. The Morgan fingerprint density at radius 3 is 2.00 bits per heavy atom.